The van der Waals surface area contributed by atoms with E-state index in [1.165, 1.54) is 12.8 Å². The SMILES string of the molecule is CCC1CCC(C)N1c1cc(F)cc(CNC)c1. The first-order chi connectivity index (χ1) is 8.65. The van der Waals surface area contributed by atoms with Gasteiger partial charge in [-0.2, -0.15) is 0 Å². The number of anilines is 1. The van der Waals surface area contributed by atoms with Gasteiger partial charge in [0.25, 0.3) is 0 Å². The highest BCUT2D eigenvalue weighted by Gasteiger charge is 2.29. The Labute approximate surface area is 109 Å². The molecule has 1 aromatic carbocycles. The van der Waals surface area contributed by atoms with Crippen molar-refractivity contribution < 1.29 is 4.39 Å². The van der Waals surface area contributed by atoms with Gasteiger partial charge in [0.2, 0.25) is 0 Å². The fourth-order valence-electron chi connectivity index (χ4n) is 3.03. The Morgan fingerprint density at radius 1 is 1.33 bits per heavy atom. The van der Waals surface area contributed by atoms with Crippen LogP contribution < -0.4 is 10.2 Å². The van der Waals surface area contributed by atoms with Crippen molar-refractivity contribution in [3.8, 4) is 0 Å². The smallest absolute Gasteiger partial charge is 0.125 e. The lowest BCUT2D eigenvalue weighted by Crippen LogP contribution is -2.34. The van der Waals surface area contributed by atoms with Crippen LogP contribution in [0.3, 0.4) is 0 Å². The van der Waals surface area contributed by atoms with E-state index >= 15 is 0 Å². The van der Waals surface area contributed by atoms with Gasteiger partial charge in [0, 0.05) is 24.3 Å². The quantitative estimate of drug-likeness (QED) is 0.882. The van der Waals surface area contributed by atoms with Crippen molar-refractivity contribution in [2.75, 3.05) is 11.9 Å². The van der Waals surface area contributed by atoms with Crippen LogP contribution in [0.25, 0.3) is 0 Å². The molecule has 1 aliphatic rings. The molecule has 0 aromatic heterocycles. The Morgan fingerprint density at radius 3 is 2.78 bits per heavy atom. The summed E-state index contributed by atoms with van der Waals surface area (Å²) in [6.07, 6.45) is 3.55. The molecule has 1 heterocycles. The van der Waals surface area contributed by atoms with E-state index < -0.39 is 0 Å². The number of hydrogen-bond donors (Lipinski definition) is 1. The molecule has 1 aromatic rings. The predicted octanol–water partition coefficient (Wildman–Crippen LogP) is 3.31. The zero-order valence-electron chi connectivity index (χ0n) is 11.5. The van der Waals surface area contributed by atoms with Crippen LogP contribution in [-0.4, -0.2) is 19.1 Å². The van der Waals surface area contributed by atoms with E-state index in [4.69, 9.17) is 0 Å². The molecule has 2 atom stereocenters. The third-order valence-electron chi connectivity index (χ3n) is 3.88. The second-order valence-electron chi connectivity index (χ2n) is 5.24. The van der Waals surface area contributed by atoms with Gasteiger partial charge in [-0.05, 0) is 57.0 Å². The molecule has 0 bridgehead atoms. The molecule has 2 unspecified atom stereocenters. The average Bonchev–Trinajstić information content (AvgIpc) is 2.70. The maximum atomic E-state index is 13.7. The minimum absolute atomic E-state index is 0.133. The van der Waals surface area contributed by atoms with Crippen molar-refractivity contribution in [3.05, 3.63) is 29.6 Å². The molecular weight excluding hydrogens is 227 g/mol. The van der Waals surface area contributed by atoms with Gasteiger partial charge in [-0.15, -0.1) is 0 Å². The minimum Gasteiger partial charge on any atom is -0.366 e. The standard InChI is InChI=1S/C15H23FN2/c1-4-14-6-5-11(2)18(14)15-8-12(10-17-3)7-13(16)9-15/h7-9,11,14,17H,4-6,10H2,1-3H3. The molecule has 1 fully saturated rings. The van der Waals surface area contributed by atoms with Crippen LogP contribution in [0.5, 0.6) is 0 Å². The van der Waals surface area contributed by atoms with Gasteiger partial charge in [0.05, 0.1) is 0 Å². The van der Waals surface area contributed by atoms with Crippen molar-refractivity contribution in [1.82, 2.24) is 5.32 Å². The summed E-state index contributed by atoms with van der Waals surface area (Å²) in [7, 11) is 1.89. The zero-order valence-corrected chi connectivity index (χ0v) is 11.5. The van der Waals surface area contributed by atoms with Crippen molar-refractivity contribution in [3.63, 3.8) is 0 Å². The highest BCUT2D eigenvalue weighted by atomic mass is 19.1. The highest BCUT2D eigenvalue weighted by Crippen LogP contribution is 2.32. The number of hydrogen-bond acceptors (Lipinski definition) is 2. The maximum Gasteiger partial charge on any atom is 0.125 e. The molecule has 0 amide bonds. The fourth-order valence-corrected chi connectivity index (χ4v) is 3.03. The summed E-state index contributed by atoms with van der Waals surface area (Å²) in [6, 6.07) is 6.47. The van der Waals surface area contributed by atoms with E-state index in [0.29, 0.717) is 18.6 Å². The number of benzene rings is 1. The van der Waals surface area contributed by atoms with E-state index in [2.05, 4.69) is 30.1 Å². The third-order valence-corrected chi connectivity index (χ3v) is 3.88. The summed E-state index contributed by atoms with van der Waals surface area (Å²) < 4.78 is 13.7. The van der Waals surface area contributed by atoms with Crippen LogP contribution in [0, 0.1) is 5.82 Å². The van der Waals surface area contributed by atoms with Gasteiger partial charge >= 0.3 is 0 Å². The molecule has 3 heteroatoms. The van der Waals surface area contributed by atoms with Crippen LogP contribution >= 0.6 is 0 Å². The highest BCUT2D eigenvalue weighted by molar-refractivity contribution is 5.52. The summed E-state index contributed by atoms with van der Waals surface area (Å²) in [5.74, 6) is -0.133. The van der Waals surface area contributed by atoms with E-state index in [1.807, 2.05) is 7.05 Å². The molecule has 2 rings (SSSR count). The van der Waals surface area contributed by atoms with Crippen molar-refractivity contribution >= 4 is 5.69 Å². The molecule has 0 spiro atoms. The number of nitrogens with zero attached hydrogens (tertiary/aromatic N) is 1. The predicted molar refractivity (Wildman–Crippen MR) is 74.4 cm³/mol. The molecule has 18 heavy (non-hydrogen) atoms. The first kappa shape index (κ1) is 13.3. The van der Waals surface area contributed by atoms with Gasteiger partial charge in [0.1, 0.15) is 5.82 Å². The van der Waals surface area contributed by atoms with E-state index in [9.17, 15) is 4.39 Å². The first-order valence-corrected chi connectivity index (χ1v) is 6.88. The number of nitrogens with one attached hydrogen (secondary N) is 1. The Hall–Kier alpha value is -1.09. The minimum atomic E-state index is -0.133. The molecule has 100 valence electrons. The first-order valence-electron chi connectivity index (χ1n) is 6.88. The van der Waals surface area contributed by atoms with Gasteiger partial charge in [-0.3, -0.25) is 0 Å². The third kappa shape index (κ3) is 2.66. The van der Waals surface area contributed by atoms with Crippen LogP contribution in [0.1, 0.15) is 38.7 Å². The lowest BCUT2D eigenvalue weighted by atomic mass is 10.1. The molecule has 1 N–H and O–H groups in total. The molecule has 0 saturated carbocycles. The summed E-state index contributed by atoms with van der Waals surface area (Å²) in [5, 5.41) is 3.08. The van der Waals surface area contributed by atoms with Gasteiger partial charge < -0.3 is 10.2 Å². The lowest BCUT2D eigenvalue weighted by molar-refractivity contribution is 0.607. The second kappa shape index (κ2) is 5.70. The van der Waals surface area contributed by atoms with E-state index in [1.54, 1.807) is 12.1 Å². The van der Waals surface area contributed by atoms with E-state index in [-0.39, 0.29) is 5.82 Å². The Morgan fingerprint density at radius 2 is 2.11 bits per heavy atom. The Bertz CT molecular complexity index is 405. The van der Waals surface area contributed by atoms with Gasteiger partial charge in [-0.25, -0.2) is 4.39 Å². The monoisotopic (exact) mass is 250 g/mol. The molecule has 1 aliphatic heterocycles. The lowest BCUT2D eigenvalue weighted by Gasteiger charge is -2.30. The van der Waals surface area contributed by atoms with Crippen LogP contribution in [0.15, 0.2) is 18.2 Å². The summed E-state index contributed by atoms with van der Waals surface area (Å²) in [4.78, 5) is 2.39. The summed E-state index contributed by atoms with van der Waals surface area (Å²) in [5.41, 5.74) is 2.05. The summed E-state index contributed by atoms with van der Waals surface area (Å²) in [6.45, 7) is 5.16. The Balaban J connectivity index is 2.31. The second-order valence-corrected chi connectivity index (χ2v) is 5.24. The molecule has 0 radical (unpaired) electrons. The van der Waals surface area contributed by atoms with Crippen LogP contribution in [-0.2, 0) is 6.54 Å². The largest absolute Gasteiger partial charge is 0.366 e. The normalized spacial score (nSPS) is 23.7. The van der Waals surface area contributed by atoms with Gasteiger partial charge in [0.15, 0.2) is 0 Å². The van der Waals surface area contributed by atoms with Crippen molar-refractivity contribution in [2.24, 2.45) is 0 Å². The molecule has 0 aliphatic carbocycles. The number of rotatable bonds is 4. The number of halogens is 1. The Kier molecular flexibility index (Phi) is 4.23. The molecular formula is C15H23FN2. The molecule has 2 nitrogen and oxygen atoms in total. The topological polar surface area (TPSA) is 15.3 Å². The average molecular weight is 250 g/mol. The maximum absolute atomic E-state index is 13.7. The van der Waals surface area contributed by atoms with Gasteiger partial charge in [-0.1, -0.05) is 6.92 Å². The zero-order chi connectivity index (χ0) is 13.1. The van der Waals surface area contributed by atoms with Crippen molar-refractivity contribution in [2.45, 2.75) is 51.7 Å². The summed E-state index contributed by atoms with van der Waals surface area (Å²) >= 11 is 0. The van der Waals surface area contributed by atoms with E-state index in [0.717, 1.165) is 17.7 Å². The van der Waals surface area contributed by atoms with Crippen LogP contribution in [0.2, 0.25) is 0 Å². The molecule has 1 saturated heterocycles. The van der Waals surface area contributed by atoms with Crippen molar-refractivity contribution in [1.29, 1.82) is 0 Å². The fraction of sp³-hybridized carbons (Fsp3) is 0.600. The van der Waals surface area contributed by atoms with Crippen LogP contribution in [0.4, 0.5) is 10.1 Å².